The van der Waals surface area contributed by atoms with Gasteiger partial charge < -0.3 is 5.32 Å². The molecule has 2 unspecified atom stereocenters. The average Bonchev–Trinajstić information content (AvgIpc) is 2.96. The summed E-state index contributed by atoms with van der Waals surface area (Å²) in [6.45, 7) is 5.77. The lowest BCUT2D eigenvalue weighted by Gasteiger charge is -2.22. The second-order valence-electron chi connectivity index (χ2n) is 8.63. The maximum atomic E-state index is 12.5. The van der Waals surface area contributed by atoms with E-state index < -0.39 is 0 Å². The highest BCUT2D eigenvalue weighted by Crippen LogP contribution is 2.37. The fourth-order valence-electron chi connectivity index (χ4n) is 4.28. The van der Waals surface area contributed by atoms with Gasteiger partial charge in [0.15, 0.2) is 0 Å². The Labute approximate surface area is 173 Å². The fourth-order valence-corrected chi connectivity index (χ4v) is 4.28. The molecule has 3 amide bonds. The number of hydrogen-bond donors (Lipinski definition) is 1. The van der Waals surface area contributed by atoms with E-state index in [9.17, 15) is 14.4 Å². The molecule has 0 aromatic heterocycles. The van der Waals surface area contributed by atoms with Gasteiger partial charge in [0.2, 0.25) is 17.7 Å². The maximum absolute atomic E-state index is 12.5. The Morgan fingerprint density at radius 1 is 1.10 bits per heavy atom. The van der Waals surface area contributed by atoms with Crippen molar-refractivity contribution in [2.75, 3.05) is 13.6 Å². The van der Waals surface area contributed by atoms with Gasteiger partial charge in [0.05, 0.1) is 11.8 Å². The van der Waals surface area contributed by atoms with Crippen molar-refractivity contribution in [1.82, 2.24) is 15.1 Å². The molecule has 1 saturated heterocycles. The molecule has 0 bridgehead atoms. The third kappa shape index (κ3) is 5.04. The van der Waals surface area contributed by atoms with Gasteiger partial charge in [0, 0.05) is 32.1 Å². The van der Waals surface area contributed by atoms with Crippen molar-refractivity contribution in [1.29, 1.82) is 0 Å². The minimum Gasteiger partial charge on any atom is -0.352 e. The van der Waals surface area contributed by atoms with E-state index in [1.54, 1.807) is 0 Å². The zero-order chi connectivity index (χ0) is 21.0. The topological polar surface area (TPSA) is 69.7 Å². The van der Waals surface area contributed by atoms with Gasteiger partial charge >= 0.3 is 0 Å². The lowest BCUT2D eigenvalue weighted by Crippen LogP contribution is -2.35. The monoisotopic (exact) mass is 399 g/mol. The van der Waals surface area contributed by atoms with Crippen LogP contribution in [0.1, 0.15) is 57.1 Å². The van der Waals surface area contributed by atoms with E-state index in [4.69, 9.17) is 0 Å². The van der Waals surface area contributed by atoms with Crippen LogP contribution in [-0.4, -0.2) is 47.2 Å². The second kappa shape index (κ2) is 9.53. The molecule has 1 saturated carbocycles. The average molecular weight is 400 g/mol. The first-order valence-electron chi connectivity index (χ1n) is 10.8. The van der Waals surface area contributed by atoms with Crippen molar-refractivity contribution in [3.63, 3.8) is 0 Å². The Kier molecular flexibility index (Phi) is 7.06. The summed E-state index contributed by atoms with van der Waals surface area (Å²) in [5, 5.41) is 2.95. The number of imide groups is 1. The summed E-state index contributed by atoms with van der Waals surface area (Å²) in [5.74, 6) is -0.579. The van der Waals surface area contributed by atoms with Crippen LogP contribution in [0, 0.1) is 11.8 Å². The van der Waals surface area contributed by atoms with Crippen molar-refractivity contribution >= 4 is 17.7 Å². The van der Waals surface area contributed by atoms with Crippen LogP contribution >= 0.6 is 0 Å². The van der Waals surface area contributed by atoms with Crippen LogP contribution in [0.2, 0.25) is 0 Å². The van der Waals surface area contributed by atoms with E-state index in [1.807, 2.05) is 18.2 Å². The van der Waals surface area contributed by atoms with Crippen LogP contribution in [0.3, 0.4) is 0 Å². The third-order valence-corrected chi connectivity index (χ3v) is 6.39. The van der Waals surface area contributed by atoms with Gasteiger partial charge in [-0.1, -0.05) is 37.1 Å². The molecule has 1 heterocycles. The van der Waals surface area contributed by atoms with Crippen molar-refractivity contribution in [3.05, 3.63) is 35.4 Å². The highest BCUT2D eigenvalue weighted by Gasteiger charge is 2.47. The Balaban J connectivity index is 1.51. The lowest BCUT2D eigenvalue weighted by molar-refractivity contribution is -0.140. The molecule has 1 aromatic carbocycles. The molecule has 2 aliphatic rings. The molecule has 2 atom stereocenters. The molecule has 6 nitrogen and oxygen atoms in total. The van der Waals surface area contributed by atoms with Crippen molar-refractivity contribution in [2.24, 2.45) is 11.8 Å². The number of hydrogen-bond acceptors (Lipinski definition) is 4. The Morgan fingerprint density at radius 2 is 1.69 bits per heavy atom. The standard InChI is InChI=1S/C23H33N3O3/c1-16(2)25(3)15-18-9-5-4-8-17(18)14-24-21(27)12-13-26-22(28)19-10-6-7-11-20(19)23(26)29/h4-5,8-9,16,19-20H,6-7,10-15H2,1-3H3,(H,24,27). The summed E-state index contributed by atoms with van der Waals surface area (Å²) in [6, 6.07) is 8.55. The number of amides is 3. The number of rotatable bonds is 8. The van der Waals surface area contributed by atoms with Gasteiger partial charge in [-0.2, -0.15) is 0 Å². The van der Waals surface area contributed by atoms with Crippen molar-refractivity contribution < 1.29 is 14.4 Å². The first kappa shape index (κ1) is 21.5. The van der Waals surface area contributed by atoms with E-state index in [2.05, 4.69) is 37.2 Å². The highest BCUT2D eigenvalue weighted by molar-refractivity contribution is 6.05. The van der Waals surface area contributed by atoms with Gasteiger partial charge in [-0.3, -0.25) is 24.2 Å². The number of fused-ring (bicyclic) bond motifs is 1. The van der Waals surface area contributed by atoms with E-state index in [-0.39, 0.29) is 42.5 Å². The molecule has 1 aliphatic carbocycles. The summed E-state index contributed by atoms with van der Waals surface area (Å²) < 4.78 is 0. The summed E-state index contributed by atoms with van der Waals surface area (Å²) in [7, 11) is 2.09. The molecule has 3 rings (SSSR count). The number of carbonyl (C=O) groups excluding carboxylic acids is 3. The summed E-state index contributed by atoms with van der Waals surface area (Å²) >= 11 is 0. The van der Waals surface area contributed by atoms with Gasteiger partial charge in [0.1, 0.15) is 0 Å². The largest absolute Gasteiger partial charge is 0.352 e. The van der Waals surface area contributed by atoms with E-state index in [1.165, 1.54) is 10.5 Å². The normalized spacial score (nSPS) is 21.8. The van der Waals surface area contributed by atoms with Crippen LogP contribution in [0.25, 0.3) is 0 Å². The predicted molar refractivity (Wildman–Crippen MR) is 112 cm³/mol. The van der Waals surface area contributed by atoms with Gasteiger partial charge in [-0.05, 0) is 44.9 Å². The smallest absolute Gasteiger partial charge is 0.233 e. The van der Waals surface area contributed by atoms with Crippen LogP contribution in [0.5, 0.6) is 0 Å². The molecular weight excluding hydrogens is 366 g/mol. The Bertz CT molecular complexity index is 737. The minimum absolute atomic E-state index is 0.0745. The van der Waals surface area contributed by atoms with Gasteiger partial charge in [-0.25, -0.2) is 0 Å². The van der Waals surface area contributed by atoms with Crippen LogP contribution < -0.4 is 5.32 Å². The summed E-state index contributed by atoms with van der Waals surface area (Å²) in [4.78, 5) is 41.0. The first-order valence-corrected chi connectivity index (χ1v) is 10.8. The minimum atomic E-state index is -0.149. The highest BCUT2D eigenvalue weighted by atomic mass is 16.2. The second-order valence-corrected chi connectivity index (χ2v) is 8.63. The van der Waals surface area contributed by atoms with E-state index in [0.717, 1.165) is 37.8 Å². The number of benzene rings is 1. The molecule has 6 heteroatoms. The molecule has 1 aromatic rings. The van der Waals surface area contributed by atoms with Gasteiger partial charge in [-0.15, -0.1) is 0 Å². The maximum Gasteiger partial charge on any atom is 0.233 e. The van der Waals surface area contributed by atoms with Gasteiger partial charge in [0.25, 0.3) is 0 Å². The number of nitrogens with one attached hydrogen (secondary N) is 1. The molecular formula is C23H33N3O3. The zero-order valence-electron chi connectivity index (χ0n) is 17.8. The number of nitrogens with zero attached hydrogens (tertiary/aromatic N) is 2. The summed E-state index contributed by atoms with van der Waals surface area (Å²) in [5.41, 5.74) is 2.28. The summed E-state index contributed by atoms with van der Waals surface area (Å²) in [6.07, 6.45) is 3.80. The molecule has 158 valence electrons. The zero-order valence-corrected chi connectivity index (χ0v) is 17.8. The van der Waals surface area contributed by atoms with Crippen molar-refractivity contribution in [2.45, 2.75) is 65.1 Å². The Morgan fingerprint density at radius 3 is 2.28 bits per heavy atom. The molecule has 1 N–H and O–H groups in total. The van der Waals surface area contributed by atoms with E-state index in [0.29, 0.717) is 12.6 Å². The quantitative estimate of drug-likeness (QED) is 0.683. The SMILES string of the molecule is CC(C)N(C)Cc1ccccc1CNC(=O)CCN1C(=O)C2CCCCC2C1=O. The Hall–Kier alpha value is -2.21. The van der Waals surface area contributed by atoms with Crippen molar-refractivity contribution in [3.8, 4) is 0 Å². The fraction of sp³-hybridized carbons (Fsp3) is 0.609. The molecule has 1 aliphatic heterocycles. The van der Waals surface area contributed by atoms with Crippen LogP contribution in [0.15, 0.2) is 24.3 Å². The van der Waals surface area contributed by atoms with Crippen LogP contribution in [0.4, 0.5) is 0 Å². The number of likely N-dealkylation sites (tertiary alicyclic amines) is 1. The van der Waals surface area contributed by atoms with E-state index >= 15 is 0 Å². The van der Waals surface area contributed by atoms with Crippen LogP contribution in [-0.2, 0) is 27.5 Å². The predicted octanol–water partition coefficient (Wildman–Crippen LogP) is 2.71. The lowest BCUT2D eigenvalue weighted by atomic mass is 9.81. The first-order chi connectivity index (χ1) is 13.9. The number of carbonyl (C=O) groups is 3. The molecule has 0 radical (unpaired) electrons. The molecule has 29 heavy (non-hydrogen) atoms. The molecule has 0 spiro atoms. The third-order valence-electron chi connectivity index (χ3n) is 6.39. The molecule has 2 fully saturated rings.